The molecule has 0 radical (unpaired) electrons. The van der Waals surface area contributed by atoms with Gasteiger partial charge in [-0.05, 0) is 47.7 Å². The fraction of sp³-hybridized carbons (Fsp3) is 0.118. The van der Waals surface area contributed by atoms with Crippen LogP contribution in [-0.2, 0) is 11.4 Å². The summed E-state index contributed by atoms with van der Waals surface area (Å²) in [6, 6.07) is 11.3. The van der Waals surface area contributed by atoms with Crippen molar-refractivity contribution >= 4 is 52.5 Å². The first-order valence-corrected chi connectivity index (χ1v) is 9.49. The molecule has 0 saturated carbocycles. The number of ether oxygens (including phenoxy) is 1. The Bertz CT molecular complexity index is 950. The summed E-state index contributed by atoms with van der Waals surface area (Å²) < 4.78 is 11.0. The molecule has 0 spiro atoms. The van der Waals surface area contributed by atoms with Gasteiger partial charge in [-0.25, -0.2) is 0 Å². The first-order chi connectivity index (χ1) is 12.9. The van der Waals surface area contributed by atoms with E-state index in [9.17, 15) is 9.90 Å². The van der Waals surface area contributed by atoms with Crippen LogP contribution in [-0.4, -0.2) is 21.3 Å². The van der Waals surface area contributed by atoms with E-state index in [-0.39, 0.29) is 17.7 Å². The number of aliphatic carboxylic acids is 1. The van der Waals surface area contributed by atoms with Crippen LogP contribution in [0.1, 0.15) is 16.7 Å². The third-order valence-corrected chi connectivity index (χ3v) is 5.17. The van der Waals surface area contributed by atoms with Gasteiger partial charge in [0.15, 0.2) is 6.61 Å². The largest absolute Gasteiger partial charge is 0.482 e. The first-order valence-electron chi connectivity index (χ1n) is 7.47. The van der Waals surface area contributed by atoms with Crippen LogP contribution < -0.4 is 4.74 Å². The van der Waals surface area contributed by atoms with Gasteiger partial charge in [0, 0.05) is 10.0 Å². The SMILES string of the molecule is O=C(O)[C@H](Sc1nnc(COc2ccc(Cl)cc2Cl)o1)c1ccc(Cl)cc1. The Kier molecular flexibility index (Phi) is 6.49. The zero-order chi connectivity index (χ0) is 19.4. The van der Waals surface area contributed by atoms with Crippen LogP contribution in [0.3, 0.4) is 0 Å². The molecule has 3 rings (SSSR count). The molecule has 0 aliphatic heterocycles. The molecule has 1 heterocycles. The van der Waals surface area contributed by atoms with Crippen molar-refractivity contribution in [3.05, 3.63) is 69.0 Å². The predicted molar refractivity (Wildman–Crippen MR) is 103 cm³/mol. The van der Waals surface area contributed by atoms with Gasteiger partial charge in [-0.2, -0.15) is 0 Å². The van der Waals surface area contributed by atoms with Gasteiger partial charge in [0.2, 0.25) is 0 Å². The van der Waals surface area contributed by atoms with E-state index >= 15 is 0 Å². The lowest BCUT2D eigenvalue weighted by atomic mass is 10.1. The van der Waals surface area contributed by atoms with Crippen LogP contribution in [0.5, 0.6) is 5.75 Å². The zero-order valence-corrected chi connectivity index (χ0v) is 16.5. The van der Waals surface area contributed by atoms with Crippen LogP contribution >= 0.6 is 46.6 Å². The lowest BCUT2D eigenvalue weighted by Crippen LogP contribution is -2.07. The first kappa shape index (κ1) is 19.8. The quantitative estimate of drug-likeness (QED) is 0.479. The van der Waals surface area contributed by atoms with E-state index in [1.807, 2.05) is 0 Å². The molecular weight excluding hydrogens is 435 g/mol. The number of nitrogens with zero attached hydrogens (tertiary/aromatic N) is 2. The minimum Gasteiger partial charge on any atom is -0.482 e. The van der Waals surface area contributed by atoms with Crippen molar-refractivity contribution in [1.29, 1.82) is 0 Å². The molecule has 0 bridgehead atoms. The molecule has 27 heavy (non-hydrogen) atoms. The van der Waals surface area contributed by atoms with Crippen LogP contribution in [0.4, 0.5) is 0 Å². The minimum absolute atomic E-state index is 0.0202. The van der Waals surface area contributed by atoms with Crippen LogP contribution in [0.25, 0.3) is 0 Å². The van der Waals surface area contributed by atoms with Gasteiger partial charge in [-0.1, -0.05) is 46.9 Å². The average Bonchev–Trinajstić information content (AvgIpc) is 3.07. The Morgan fingerprint density at radius 2 is 1.81 bits per heavy atom. The van der Waals surface area contributed by atoms with Crippen LogP contribution in [0.15, 0.2) is 52.1 Å². The van der Waals surface area contributed by atoms with E-state index in [1.54, 1.807) is 42.5 Å². The standard InChI is InChI=1S/C17H11Cl3N2O4S/c18-10-3-1-9(2-4-10)15(16(23)24)27-17-22-21-14(26-17)8-25-13-6-5-11(19)7-12(13)20/h1-7,15H,8H2,(H,23,24)/t15-/m1/s1. The Morgan fingerprint density at radius 1 is 1.11 bits per heavy atom. The molecule has 1 atom stereocenters. The number of thioether (sulfide) groups is 1. The van der Waals surface area contributed by atoms with E-state index in [4.69, 9.17) is 44.0 Å². The predicted octanol–water partition coefficient (Wildman–Crippen LogP) is 5.53. The summed E-state index contributed by atoms with van der Waals surface area (Å²) in [5, 5.41) is 17.7. The minimum atomic E-state index is -1.04. The number of rotatable bonds is 7. The van der Waals surface area contributed by atoms with E-state index in [1.165, 1.54) is 0 Å². The van der Waals surface area contributed by atoms with Gasteiger partial charge in [0.05, 0.1) is 5.02 Å². The molecular formula is C17H11Cl3N2O4S. The number of carboxylic acids is 1. The molecule has 2 aromatic carbocycles. The van der Waals surface area contributed by atoms with Crippen molar-refractivity contribution in [2.75, 3.05) is 0 Å². The number of aromatic nitrogens is 2. The highest BCUT2D eigenvalue weighted by atomic mass is 35.5. The third-order valence-electron chi connectivity index (χ3n) is 3.31. The molecule has 0 amide bonds. The van der Waals surface area contributed by atoms with Crippen molar-refractivity contribution in [1.82, 2.24) is 10.2 Å². The summed E-state index contributed by atoms with van der Waals surface area (Å²) in [6.07, 6.45) is 0. The van der Waals surface area contributed by atoms with Crippen molar-refractivity contribution < 1.29 is 19.1 Å². The number of hydrogen-bond donors (Lipinski definition) is 1. The number of benzene rings is 2. The Hall–Kier alpha value is -1.93. The maximum atomic E-state index is 11.6. The summed E-state index contributed by atoms with van der Waals surface area (Å²) in [5.74, 6) is -0.437. The van der Waals surface area contributed by atoms with Crippen LogP contribution in [0, 0.1) is 0 Å². The topological polar surface area (TPSA) is 85.5 Å². The molecule has 1 aromatic heterocycles. The maximum absolute atomic E-state index is 11.6. The lowest BCUT2D eigenvalue weighted by Gasteiger charge is -2.09. The lowest BCUT2D eigenvalue weighted by molar-refractivity contribution is -0.136. The second-order valence-corrected chi connectivity index (χ2v) is 7.55. The number of halogens is 3. The van der Waals surface area contributed by atoms with Gasteiger partial charge in [0.25, 0.3) is 11.1 Å². The normalized spacial score (nSPS) is 12.0. The van der Waals surface area contributed by atoms with Crippen molar-refractivity contribution in [2.24, 2.45) is 0 Å². The molecule has 0 fully saturated rings. The van der Waals surface area contributed by atoms with E-state index < -0.39 is 11.2 Å². The summed E-state index contributed by atoms with van der Waals surface area (Å²) >= 11 is 18.6. The Balaban J connectivity index is 1.67. The second kappa shape index (κ2) is 8.84. The number of hydrogen-bond acceptors (Lipinski definition) is 6. The molecule has 10 heteroatoms. The maximum Gasteiger partial charge on any atom is 0.321 e. The van der Waals surface area contributed by atoms with E-state index in [0.29, 0.717) is 26.4 Å². The molecule has 0 saturated heterocycles. The monoisotopic (exact) mass is 444 g/mol. The highest BCUT2D eigenvalue weighted by Gasteiger charge is 2.24. The summed E-state index contributed by atoms with van der Waals surface area (Å²) in [7, 11) is 0. The summed E-state index contributed by atoms with van der Waals surface area (Å²) in [4.78, 5) is 11.6. The highest BCUT2D eigenvalue weighted by Crippen LogP contribution is 2.35. The smallest absolute Gasteiger partial charge is 0.321 e. The summed E-state index contributed by atoms with van der Waals surface area (Å²) in [5.41, 5.74) is 0.556. The second-order valence-electron chi connectivity index (χ2n) is 5.21. The summed E-state index contributed by atoms with van der Waals surface area (Å²) in [6.45, 7) is -0.0202. The highest BCUT2D eigenvalue weighted by molar-refractivity contribution is 8.00. The third kappa shape index (κ3) is 5.29. The van der Waals surface area contributed by atoms with Crippen molar-refractivity contribution in [3.8, 4) is 5.75 Å². The van der Waals surface area contributed by atoms with Gasteiger partial charge in [-0.15, -0.1) is 10.2 Å². The number of carboxylic acid groups (broad SMARTS) is 1. The van der Waals surface area contributed by atoms with Gasteiger partial charge < -0.3 is 14.3 Å². The molecule has 0 aliphatic rings. The Labute approximate surface area is 173 Å². The molecule has 0 aliphatic carbocycles. The van der Waals surface area contributed by atoms with Crippen molar-refractivity contribution in [3.63, 3.8) is 0 Å². The van der Waals surface area contributed by atoms with Gasteiger partial charge in [0.1, 0.15) is 11.0 Å². The number of carbonyl (C=O) groups is 1. The fourth-order valence-corrected chi connectivity index (χ4v) is 3.49. The van der Waals surface area contributed by atoms with E-state index in [0.717, 1.165) is 11.8 Å². The van der Waals surface area contributed by atoms with Gasteiger partial charge >= 0.3 is 5.97 Å². The van der Waals surface area contributed by atoms with Gasteiger partial charge in [-0.3, -0.25) is 4.79 Å². The van der Waals surface area contributed by atoms with E-state index in [2.05, 4.69) is 10.2 Å². The molecule has 140 valence electrons. The zero-order valence-electron chi connectivity index (χ0n) is 13.4. The average molecular weight is 446 g/mol. The molecule has 0 unspecified atom stereocenters. The molecule has 6 nitrogen and oxygen atoms in total. The van der Waals surface area contributed by atoms with Crippen LogP contribution in [0.2, 0.25) is 15.1 Å². The molecule has 1 N–H and O–H groups in total. The fourth-order valence-electron chi connectivity index (χ4n) is 2.08. The Morgan fingerprint density at radius 3 is 2.48 bits per heavy atom. The molecule has 3 aromatic rings. The van der Waals surface area contributed by atoms with Crippen molar-refractivity contribution in [2.45, 2.75) is 17.1 Å².